The first-order chi connectivity index (χ1) is 10.0. The number of carbonyl (C=O) groups excluding carboxylic acids is 1. The molecule has 0 spiro atoms. The van der Waals surface area contributed by atoms with Crippen molar-refractivity contribution in [2.75, 3.05) is 23.8 Å². The van der Waals surface area contributed by atoms with Gasteiger partial charge in [0.15, 0.2) is 0 Å². The van der Waals surface area contributed by atoms with E-state index in [-0.39, 0.29) is 11.8 Å². The first-order valence-electron chi connectivity index (χ1n) is 6.59. The molecule has 1 aliphatic heterocycles. The smallest absolute Gasteiger partial charge is 0.265 e. The minimum absolute atomic E-state index is 0.0628. The summed E-state index contributed by atoms with van der Waals surface area (Å²) in [6.45, 7) is 4.25. The van der Waals surface area contributed by atoms with Crippen molar-refractivity contribution in [3.8, 4) is 0 Å². The number of hydrogen-bond acceptors (Lipinski definition) is 5. The summed E-state index contributed by atoms with van der Waals surface area (Å²) in [5, 5.41) is 3.35. The van der Waals surface area contributed by atoms with Crippen LogP contribution in [0.2, 0.25) is 0 Å². The SMILES string of the molecule is C=CCS(=O)(=O)NC(=O)c1ccccc1C1CSCCN1. The molecule has 0 saturated carbocycles. The van der Waals surface area contributed by atoms with Gasteiger partial charge in [-0.3, -0.25) is 4.79 Å². The van der Waals surface area contributed by atoms with Gasteiger partial charge in [-0.05, 0) is 11.6 Å². The van der Waals surface area contributed by atoms with Crippen molar-refractivity contribution in [1.29, 1.82) is 0 Å². The Morgan fingerprint density at radius 1 is 1.48 bits per heavy atom. The summed E-state index contributed by atoms with van der Waals surface area (Å²) < 4.78 is 25.4. The summed E-state index contributed by atoms with van der Waals surface area (Å²) >= 11 is 1.81. The van der Waals surface area contributed by atoms with Crippen LogP contribution in [0.15, 0.2) is 36.9 Å². The van der Waals surface area contributed by atoms with Crippen LogP contribution in [-0.2, 0) is 10.0 Å². The van der Waals surface area contributed by atoms with Crippen molar-refractivity contribution < 1.29 is 13.2 Å². The third-order valence-corrected chi connectivity index (χ3v) is 5.32. The third kappa shape index (κ3) is 4.33. The predicted octanol–water partition coefficient (Wildman–Crippen LogP) is 1.31. The van der Waals surface area contributed by atoms with Crippen molar-refractivity contribution in [1.82, 2.24) is 10.0 Å². The van der Waals surface area contributed by atoms with Crippen LogP contribution >= 0.6 is 11.8 Å². The molecule has 0 bridgehead atoms. The molecule has 1 aromatic carbocycles. The van der Waals surface area contributed by atoms with Crippen LogP contribution in [0, 0.1) is 0 Å². The molecule has 7 heteroatoms. The molecule has 1 aromatic rings. The fourth-order valence-electron chi connectivity index (χ4n) is 2.17. The third-order valence-electron chi connectivity index (χ3n) is 3.09. The molecule has 0 aromatic heterocycles. The standard InChI is InChI=1S/C14H18N2O3S2/c1-2-9-21(18,19)16-14(17)12-6-4-3-5-11(12)13-10-20-8-7-15-13/h2-6,13,15H,1,7-10H2,(H,16,17). The molecule has 1 fully saturated rings. The fraction of sp³-hybridized carbons (Fsp3) is 0.357. The zero-order chi connectivity index (χ0) is 15.3. The topological polar surface area (TPSA) is 75.3 Å². The molecule has 1 unspecified atom stereocenters. The van der Waals surface area contributed by atoms with E-state index in [9.17, 15) is 13.2 Å². The Bertz CT molecular complexity index is 623. The van der Waals surface area contributed by atoms with Gasteiger partial charge >= 0.3 is 0 Å². The largest absolute Gasteiger partial charge is 0.308 e. The molecular formula is C14H18N2O3S2. The second kappa shape index (κ2) is 7.11. The van der Waals surface area contributed by atoms with Crippen molar-refractivity contribution in [3.63, 3.8) is 0 Å². The molecule has 1 atom stereocenters. The lowest BCUT2D eigenvalue weighted by atomic mass is 10.0. The van der Waals surface area contributed by atoms with Gasteiger partial charge in [-0.1, -0.05) is 24.3 Å². The van der Waals surface area contributed by atoms with E-state index >= 15 is 0 Å². The van der Waals surface area contributed by atoms with Crippen LogP contribution in [0.1, 0.15) is 22.0 Å². The minimum Gasteiger partial charge on any atom is -0.308 e. The van der Waals surface area contributed by atoms with Crippen LogP contribution in [0.4, 0.5) is 0 Å². The van der Waals surface area contributed by atoms with Gasteiger partial charge in [0.25, 0.3) is 5.91 Å². The zero-order valence-corrected chi connectivity index (χ0v) is 13.2. The van der Waals surface area contributed by atoms with Gasteiger partial charge in [-0.25, -0.2) is 13.1 Å². The average Bonchev–Trinajstić information content (AvgIpc) is 2.47. The Balaban J connectivity index is 2.23. The fourth-order valence-corrected chi connectivity index (χ4v) is 3.91. The van der Waals surface area contributed by atoms with Gasteiger partial charge in [-0.2, -0.15) is 11.8 Å². The van der Waals surface area contributed by atoms with Crippen molar-refractivity contribution in [3.05, 3.63) is 48.0 Å². The summed E-state index contributed by atoms with van der Waals surface area (Å²) in [6, 6.07) is 7.15. The van der Waals surface area contributed by atoms with Crippen molar-refractivity contribution in [2.45, 2.75) is 6.04 Å². The maximum Gasteiger partial charge on any atom is 0.265 e. The number of benzene rings is 1. The highest BCUT2D eigenvalue weighted by molar-refractivity contribution is 7.99. The number of carbonyl (C=O) groups is 1. The van der Waals surface area contributed by atoms with Crippen LogP contribution in [-0.4, -0.2) is 38.1 Å². The number of hydrogen-bond donors (Lipinski definition) is 2. The minimum atomic E-state index is -3.67. The van der Waals surface area contributed by atoms with Gasteiger partial charge in [0, 0.05) is 29.7 Å². The molecule has 114 valence electrons. The molecule has 21 heavy (non-hydrogen) atoms. The predicted molar refractivity (Wildman–Crippen MR) is 86.0 cm³/mol. The quantitative estimate of drug-likeness (QED) is 0.798. The molecule has 2 N–H and O–H groups in total. The number of amides is 1. The highest BCUT2D eigenvalue weighted by atomic mass is 32.2. The first kappa shape index (κ1) is 16.1. The van der Waals surface area contributed by atoms with E-state index in [2.05, 4.69) is 16.6 Å². The summed E-state index contributed by atoms with van der Waals surface area (Å²) in [5.41, 5.74) is 1.22. The van der Waals surface area contributed by atoms with Gasteiger partial charge < -0.3 is 5.32 Å². The molecule has 1 saturated heterocycles. The van der Waals surface area contributed by atoms with E-state index in [0.717, 1.165) is 23.6 Å². The van der Waals surface area contributed by atoms with E-state index in [1.165, 1.54) is 6.08 Å². The normalized spacial score (nSPS) is 19.0. The van der Waals surface area contributed by atoms with Crippen LogP contribution in [0.5, 0.6) is 0 Å². The number of rotatable bonds is 5. The van der Waals surface area contributed by atoms with Gasteiger partial charge in [0.05, 0.1) is 5.75 Å². The Labute approximate surface area is 129 Å². The number of thioether (sulfide) groups is 1. The Kier molecular flexibility index (Phi) is 5.44. The summed E-state index contributed by atoms with van der Waals surface area (Å²) in [4.78, 5) is 12.2. The summed E-state index contributed by atoms with van der Waals surface area (Å²) in [6.07, 6.45) is 1.25. The lowest BCUT2D eigenvalue weighted by Crippen LogP contribution is -2.35. The highest BCUT2D eigenvalue weighted by Crippen LogP contribution is 2.24. The lowest BCUT2D eigenvalue weighted by molar-refractivity contribution is 0.0980. The summed E-state index contributed by atoms with van der Waals surface area (Å²) in [5.74, 6) is 1.03. The van der Waals surface area contributed by atoms with E-state index in [1.807, 2.05) is 23.9 Å². The molecule has 1 amide bonds. The monoisotopic (exact) mass is 326 g/mol. The number of sulfonamides is 1. The Hall–Kier alpha value is -1.31. The van der Waals surface area contributed by atoms with Crippen molar-refractivity contribution >= 4 is 27.7 Å². The van der Waals surface area contributed by atoms with E-state index in [1.54, 1.807) is 12.1 Å². The van der Waals surface area contributed by atoms with Gasteiger partial charge in [0.1, 0.15) is 0 Å². The maximum absolute atomic E-state index is 12.2. The summed E-state index contributed by atoms with van der Waals surface area (Å²) in [7, 11) is -3.67. The van der Waals surface area contributed by atoms with Gasteiger partial charge in [0.2, 0.25) is 10.0 Å². The number of nitrogens with one attached hydrogen (secondary N) is 2. The second-order valence-corrected chi connectivity index (χ2v) is 7.59. The first-order valence-corrected chi connectivity index (χ1v) is 9.40. The van der Waals surface area contributed by atoms with Gasteiger partial charge in [-0.15, -0.1) is 6.58 Å². The van der Waals surface area contributed by atoms with Crippen molar-refractivity contribution in [2.24, 2.45) is 0 Å². The Morgan fingerprint density at radius 3 is 2.90 bits per heavy atom. The second-order valence-electron chi connectivity index (χ2n) is 4.67. The van der Waals surface area contributed by atoms with Crippen LogP contribution in [0.3, 0.4) is 0 Å². The molecule has 0 aliphatic carbocycles. The lowest BCUT2D eigenvalue weighted by Gasteiger charge is -2.25. The molecule has 5 nitrogen and oxygen atoms in total. The van der Waals surface area contributed by atoms with E-state index in [4.69, 9.17) is 0 Å². The molecule has 0 radical (unpaired) electrons. The van der Waals surface area contributed by atoms with E-state index < -0.39 is 15.9 Å². The van der Waals surface area contributed by atoms with Crippen LogP contribution in [0.25, 0.3) is 0 Å². The Morgan fingerprint density at radius 2 is 2.24 bits per heavy atom. The maximum atomic E-state index is 12.2. The average molecular weight is 326 g/mol. The molecule has 1 aliphatic rings. The molecular weight excluding hydrogens is 308 g/mol. The molecule has 1 heterocycles. The molecule has 2 rings (SSSR count). The highest BCUT2D eigenvalue weighted by Gasteiger charge is 2.23. The van der Waals surface area contributed by atoms with Crippen LogP contribution < -0.4 is 10.0 Å². The zero-order valence-electron chi connectivity index (χ0n) is 11.5. The van der Waals surface area contributed by atoms with E-state index in [0.29, 0.717) is 5.56 Å².